The van der Waals surface area contributed by atoms with Crippen molar-refractivity contribution in [3.8, 4) is 0 Å². The molecule has 3 N–H and O–H groups in total. The second kappa shape index (κ2) is 5.74. The van der Waals surface area contributed by atoms with Crippen molar-refractivity contribution in [3.63, 3.8) is 0 Å². The molecule has 3 atom stereocenters. The summed E-state index contributed by atoms with van der Waals surface area (Å²) in [7, 11) is -3.50. The molecule has 1 aromatic carbocycles. The Morgan fingerprint density at radius 2 is 2.00 bits per heavy atom. The number of hydrogen-bond donors (Lipinski definition) is 2. The van der Waals surface area contributed by atoms with Gasteiger partial charge in [0.15, 0.2) is 0 Å². The van der Waals surface area contributed by atoms with E-state index in [2.05, 4.69) is 18.6 Å². The molecule has 20 heavy (non-hydrogen) atoms. The van der Waals surface area contributed by atoms with Crippen LogP contribution < -0.4 is 10.5 Å². The largest absolute Gasteiger partial charge is 0.399 e. The molecule has 0 heterocycles. The first kappa shape index (κ1) is 15.3. The number of nitrogens with one attached hydrogen (secondary N) is 1. The first-order chi connectivity index (χ1) is 9.35. The number of anilines is 1. The van der Waals surface area contributed by atoms with Gasteiger partial charge < -0.3 is 5.73 Å². The quantitative estimate of drug-likeness (QED) is 0.839. The number of sulfonamides is 1. The lowest BCUT2D eigenvalue weighted by molar-refractivity contribution is 0.402. The summed E-state index contributed by atoms with van der Waals surface area (Å²) in [5, 5.41) is 0. The average molecular weight is 296 g/mol. The van der Waals surface area contributed by atoms with E-state index in [1.165, 1.54) is 0 Å². The fourth-order valence-electron chi connectivity index (χ4n) is 2.91. The molecule has 0 bridgehead atoms. The average Bonchev–Trinajstić information content (AvgIpc) is 2.70. The fraction of sp³-hybridized carbons (Fsp3) is 0.600. The molecule has 5 heteroatoms. The number of rotatable bonds is 4. The molecule has 0 aromatic heterocycles. The molecule has 0 amide bonds. The zero-order chi connectivity index (χ0) is 14.9. The van der Waals surface area contributed by atoms with Gasteiger partial charge in [0.2, 0.25) is 10.0 Å². The minimum atomic E-state index is -3.50. The zero-order valence-corrected chi connectivity index (χ0v) is 13.2. The van der Waals surface area contributed by atoms with E-state index >= 15 is 0 Å². The number of aryl methyl sites for hydroxylation is 1. The molecule has 4 nitrogen and oxygen atoms in total. The smallest absolute Gasteiger partial charge is 0.241 e. The third-order valence-electron chi connectivity index (χ3n) is 4.53. The van der Waals surface area contributed by atoms with Crippen LogP contribution in [0.1, 0.15) is 39.2 Å². The predicted octanol–water partition coefficient (Wildman–Crippen LogP) is 2.54. The van der Waals surface area contributed by atoms with Crippen molar-refractivity contribution in [1.82, 2.24) is 4.72 Å². The number of hydrogen-bond acceptors (Lipinski definition) is 3. The van der Waals surface area contributed by atoms with Crippen LogP contribution in [0.15, 0.2) is 23.1 Å². The molecule has 1 aromatic rings. The van der Waals surface area contributed by atoms with Gasteiger partial charge in [-0.1, -0.05) is 26.8 Å². The van der Waals surface area contributed by atoms with Gasteiger partial charge in [-0.05, 0) is 48.8 Å². The van der Waals surface area contributed by atoms with Crippen molar-refractivity contribution < 1.29 is 8.42 Å². The predicted molar refractivity (Wildman–Crippen MR) is 81.9 cm³/mol. The molecule has 112 valence electrons. The monoisotopic (exact) mass is 296 g/mol. The van der Waals surface area contributed by atoms with Gasteiger partial charge >= 0.3 is 0 Å². The highest BCUT2D eigenvalue weighted by Crippen LogP contribution is 2.32. The summed E-state index contributed by atoms with van der Waals surface area (Å²) in [5.74, 6) is 0.935. The lowest BCUT2D eigenvalue weighted by Crippen LogP contribution is -2.37. The number of nitrogens with two attached hydrogens (primary N) is 1. The molecule has 1 fully saturated rings. The Hall–Kier alpha value is -1.07. The van der Waals surface area contributed by atoms with Crippen LogP contribution in [0.4, 0.5) is 5.69 Å². The Balaban J connectivity index is 2.29. The lowest BCUT2D eigenvalue weighted by Gasteiger charge is -2.20. The van der Waals surface area contributed by atoms with Gasteiger partial charge in [0.1, 0.15) is 0 Å². The Labute approximate surface area is 121 Å². The summed E-state index contributed by atoms with van der Waals surface area (Å²) in [6.45, 7) is 6.24. The number of benzene rings is 1. The molecular formula is C15H24N2O2S. The molecule has 2 rings (SSSR count). The van der Waals surface area contributed by atoms with Crippen molar-refractivity contribution in [3.05, 3.63) is 23.8 Å². The van der Waals surface area contributed by atoms with Crippen LogP contribution in [0, 0.1) is 11.8 Å². The van der Waals surface area contributed by atoms with Crippen LogP contribution in [0.25, 0.3) is 0 Å². The summed E-state index contributed by atoms with van der Waals surface area (Å²) < 4.78 is 28.1. The Morgan fingerprint density at radius 1 is 1.30 bits per heavy atom. The molecule has 1 aliphatic rings. The molecular weight excluding hydrogens is 272 g/mol. The van der Waals surface area contributed by atoms with E-state index in [9.17, 15) is 8.42 Å². The van der Waals surface area contributed by atoms with Crippen LogP contribution in [0.5, 0.6) is 0 Å². The summed E-state index contributed by atoms with van der Waals surface area (Å²) in [5.41, 5.74) is 7.04. The first-order valence-corrected chi connectivity index (χ1v) is 8.74. The van der Waals surface area contributed by atoms with Gasteiger partial charge in [-0.25, -0.2) is 13.1 Å². The summed E-state index contributed by atoms with van der Waals surface area (Å²) in [6.07, 6.45) is 2.66. The van der Waals surface area contributed by atoms with E-state index in [0.29, 0.717) is 28.8 Å². The van der Waals surface area contributed by atoms with Gasteiger partial charge in [-0.15, -0.1) is 0 Å². The van der Waals surface area contributed by atoms with Crippen molar-refractivity contribution >= 4 is 15.7 Å². The normalized spacial score (nSPS) is 26.9. The van der Waals surface area contributed by atoms with E-state index in [-0.39, 0.29) is 6.04 Å². The van der Waals surface area contributed by atoms with Gasteiger partial charge in [0.05, 0.1) is 4.90 Å². The Kier molecular flexibility index (Phi) is 4.39. The van der Waals surface area contributed by atoms with Crippen molar-refractivity contribution in [2.75, 3.05) is 5.73 Å². The summed E-state index contributed by atoms with van der Waals surface area (Å²) in [4.78, 5) is 0.326. The maximum absolute atomic E-state index is 12.6. The maximum atomic E-state index is 12.6. The van der Waals surface area contributed by atoms with Crippen LogP contribution in [-0.4, -0.2) is 14.5 Å². The SMILES string of the molecule is CCc1ccc(N)cc1S(=O)(=O)NC1CCC(C)C1C. The third kappa shape index (κ3) is 2.99. The van der Waals surface area contributed by atoms with E-state index in [1.807, 2.05) is 6.92 Å². The summed E-state index contributed by atoms with van der Waals surface area (Å²) >= 11 is 0. The topological polar surface area (TPSA) is 72.2 Å². The van der Waals surface area contributed by atoms with Gasteiger partial charge in [0.25, 0.3) is 0 Å². The van der Waals surface area contributed by atoms with Crippen molar-refractivity contribution in [2.24, 2.45) is 11.8 Å². The second-order valence-corrected chi connectivity index (χ2v) is 7.54. The van der Waals surface area contributed by atoms with Gasteiger partial charge in [-0.3, -0.25) is 0 Å². The Morgan fingerprint density at radius 3 is 2.55 bits per heavy atom. The van der Waals surface area contributed by atoms with Gasteiger partial charge in [-0.2, -0.15) is 0 Å². The van der Waals surface area contributed by atoms with Crippen LogP contribution in [-0.2, 0) is 16.4 Å². The van der Waals surface area contributed by atoms with Crippen LogP contribution in [0.3, 0.4) is 0 Å². The molecule has 0 spiro atoms. The van der Waals surface area contributed by atoms with E-state index in [1.54, 1.807) is 18.2 Å². The number of nitrogen functional groups attached to an aromatic ring is 1. The third-order valence-corrected chi connectivity index (χ3v) is 6.11. The van der Waals surface area contributed by atoms with Crippen LogP contribution >= 0.6 is 0 Å². The van der Waals surface area contributed by atoms with E-state index in [0.717, 1.165) is 18.4 Å². The Bertz CT molecular complexity index is 584. The molecule has 3 unspecified atom stereocenters. The summed E-state index contributed by atoms with van der Waals surface area (Å²) in [6, 6.07) is 5.13. The molecule has 0 saturated heterocycles. The highest BCUT2D eigenvalue weighted by Gasteiger charge is 2.33. The molecule has 1 saturated carbocycles. The zero-order valence-electron chi connectivity index (χ0n) is 12.4. The highest BCUT2D eigenvalue weighted by atomic mass is 32.2. The van der Waals surface area contributed by atoms with E-state index < -0.39 is 10.0 Å². The van der Waals surface area contributed by atoms with Gasteiger partial charge in [0, 0.05) is 11.7 Å². The van der Waals surface area contributed by atoms with Crippen molar-refractivity contribution in [1.29, 1.82) is 0 Å². The second-order valence-electron chi connectivity index (χ2n) is 5.86. The highest BCUT2D eigenvalue weighted by molar-refractivity contribution is 7.89. The lowest BCUT2D eigenvalue weighted by atomic mass is 9.98. The van der Waals surface area contributed by atoms with Crippen LogP contribution in [0.2, 0.25) is 0 Å². The fourth-order valence-corrected chi connectivity index (χ4v) is 4.61. The molecule has 0 aliphatic heterocycles. The van der Waals surface area contributed by atoms with E-state index in [4.69, 9.17) is 5.73 Å². The minimum absolute atomic E-state index is 0.0288. The van der Waals surface area contributed by atoms with Crippen molar-refractivity contribution in [2.45, 2.75) is 51.0 Å². The molecule has 0 radical (unpaired) electrons. The maximum Gasteiger partial charge on any atom is 0.241 e. The minimum Gasteiger partial charge on any atom is -0.399 e. The standard InChI is InChI=1S/C15H24N2O2S/c1-4-12-6-7-13(16)9-15(12)20(18,19)17-14-8-5-10(2)11(14)3/h6-7,9-11,14,17H,4-5,8,16H2,1-3H3. The first-order valence-electron chi connectivity index (χ1n) is 7.26. The molecule has 1 aliphatic carbocycles.